The van der Waals surface area contributed by atoms with Gasteiger partial charge in [-0.2, -0.15) is 0 Å². The molecular formula is C24H20OS. The van der Waals surface area contributed by atoms with Crippen molar-refractivity contribution in [3.05, 3.63) is 84.4 Å². The summed E-state index contributed by atoms with van der Waals surface area (Å²) in [4.78, 5) is 0.897. The highest BCUT2D eigenvalue weighted by Gasteiger charge is 2.10. The van der Waals surface area contributed by atoms with Crippen LogP contribution in [-0.4, -0.2) is 7.11 Å². The highest BCUT2D eigenvalue weighted by atomic mass is 32.1. The van der Waals surface area contributed by atoms with Crippen molar-refractivity contribution in [2.45, 2.75) is 11.8 Å². The Bertz CT molecular complexity index is 1070. The van der Waals surface area contributed by atoms with E-state index in [0.29, 0.717) is 0 Å². The van der Waals surface area contributed by atoms with Crippen LogP contribution in [0.4, 0.5) is 0 Å². The average Bonchev–Trinajstić information content (AvgIpc) is 2.69. The third-order valence-corrected chi connectivity index (χ3v) is 5.23. The quantitative estimate of drug-likeness (QED) is 0.398. The summed E-state index contributed by atoms with van der Waals surface area (Å²) in [7, 11) is 1.69. The van der Waals surface area contributed by atoms with Crippen LogP contribution in [0.15, 0.2) is 83.8 Å². The Morgan fingerprint density at radius 2 is 1.27 bits per heavy atom. The Hall–Kier alpha value is -2.71. The fourth-order valence-electron chi connectivity index (χ4n) is 3.43. The van der Waals surface area contributed by atoms with Gasteiger partial charge in [0.25, 0.3) is 0 Å². The van der Waals surface area contributed by atoms with Crippen LogP contribution in [0.2, 0.25) is 0 Å². The summed E-state index contributed by atoms with van der Waals surface area (Å²) in [6.45, 7) is 2.05. The molecule has 0 spiro atoms. The van der Waals surface area contributed by atoms with Gasteiger partial charge in [-0.15, -0.1) is 12.6 Å². The van der Waals surface area contributed by atoms with Crippen LogP contribution in [0, 0.1) is 6.92 Å². The minimum absolute atomic E-state index is 0.848. The Balaban J connectivity index is 1.75. The summed E-state index contributed by atoms with van der Waals surface area (Å²) in [6.07, 6.45) is 0. The number of aryl methyl sites for hydroxylation is 1. The van der Waals surface area contributed by atoms with E-state index >= 15 is 0 Å². The predicted octanol–water partition coefficient (Wildman–Crippen LogP) is 6.78. The maximum absolute atomic E-state index is 5.48. The number of hydrogen-bond acceptors (Lipinski definition) is 2. The molecule has 0 atom stereocenters. The van der Waals surface area contributed by atoms with Gasteiger partial charge in [0.15, 0.2) is 0 Å². The van der Waals surface area contributed by atoms with Crippen LogP contribution in [0.3, 0.4) is 0 Å². The molecule has 1 nitrogen and oxygen atoms in total. The molecule has 0 saturated carbocycles. The number of methoxy groups -OCH3 is 1. The lowest BCUT2D eigenvalue weighted by Gasteiger charge is -2.12. The van der Waals surface area contributed by atoms with Gasteiger partial charge < -0.3 is 4.74 Å². The molecule has 0 saturated heterocycles. The Kier molecular flexibility index (Phi) is 4.44. The van der Waals surface area contributed by atoms with Gasteiger partial charge in [-0.3, -0.25) is 0 Å². The fourth-order valence-corrected chi connectivity index (χ4v) is 3.90. The Morgan fingerprint density at radius 3 is 1.92 bits per heavy atom. The van der Waals surface area contributed by atoms with E-state index < -0.39 is 0 Å². The highest BCUT2D eigenvalue weighted by molar-refractivity contribution is 7.80. The van der Waals surface area contributed by atoms with Gasteiger partial charge in [-0.1, -0.05) is 66.7 Å². The number of rotatable bonds is 3. The molecule has 0 aliphatic carbocycles. The molecule has 0 aromatic heterocycles. The van der Waals surface area contributed by atoms with Crippen LogP contribution in [0.1, 0.15) is 5.56 Å². The van der Waals surface area contributed by atoms with E-state index in [1.807, 2.05) is 6.07 Å². The van der Waals surface area contributed by atoms with Crippen LogP contribution < -0.4 is 4.74 Å². The van der Waals surface area contributed by atoms with Gasteiger partial charge in [0.1, 0.15) is 5.75 Å². The molecule has 4 aromatic rings. The highest BCUT2D eigenvalue weighted by Crippen LogP contribution is 2.36. The first-order valence-electron chi connectivity index (χ1n) is 8.63. The molecule has 4 rings (SSSR count). The van der Waals surface area contributed by atoms with E-state index in [1.165, 1.54) is 27.6 Å². The largest absolute Gasteiger partial charge is 0.495 e. The summed E-state index contributed by atoms with van der Waals surface area (Å²) in [5.74, 6) is 0.848. The number of ether oxygens (including phenoxy) is 1. The zero-order valence-electron chi connectivity index (χ0n) is 14.9. The molecule has 0 heterocycles. The van der Waals surface area contributed by atoms with Crippen LogP contribution >= 0.6 is 12.6 Å². The van der Waals surface area contributed by atoms with E-state index in [4.69, 9.17) is 4.74 Å². The lowest BCUT2D eigenvalue weighted by molar-refractivity contribution is 0.403. The fraction of sp³-hybridized carbons (Fsp3) is 0.0833. The number of benzene rings is 4. The van der Waals surface area contributed by atoms with Crippen molar-refractivity contribution in [1.82, 2.24) is 0 Å². The molecule has 0 unspecified atom stereocenters. The van der Waals surface area contributed by atoms with Crippen LogP contribution in [0.25, 0.3) is 33.0 Å². The standard InChI is InChI=1S/C24H20OS/c1-16-14-21-15-20(12-13-22(21)24(26)23(16)25-2)19-10-8-18(9-11-19)17-6-4-3-5-7-17/h3-15,26H,1-2H3. The summed E-state index contributed by atoms with van der Waals surface area (Å²) in [6, 6.07) is 27.8. The summed E-state index contributed by atoms with van der Waals surface area (Å²) in [5, 5.41) is 2.29. The maximum atomic E-state index is 5.48. The molecule has 128 valence electrons. The third kappa shape index (κ3) is 2.97. The molecule has 26 heavy (non-hydrogen) atoms. The molecule has 0 bridgehead atoms. The van der Waals surface area contributed by atoms with Crippen molar-refractivity contribution in [2.75, 3.05) is 7.11 Å². The summed E-state index contributed by atoms with van der Waals surface area (Å²) in [5.41, 5.74) is 5.98. The topological polar surface area (TPSA) is 9.23 Å². The second-order valence-electron chi connectivity index (χ2n) is 6.45. The van der Waals surface area contributed by atoms with Crippen molar-refractivity contribution >= 4 is 23.4 Å². The molecule has 0 fully saturated rings. The lowest BCUT2D eigenvalue weighted by atomic mass is 9.97. The molecule has 0 aliphatic rings. The molecule has 4 aromatic carbocycles. The first kappa shape index (κ1) is 16.7. The smallest absolute Gasteiger partial charge is 0.135 e. The van der Waals surface area contributed by atoms with E-state index in [0.717, 1.165) is 21.6 Å². The minimum atomic E-state index is 0.848. The third-order valence-electron chi connectivity index (χ3n) is 4.78. The predicted molar refractivity (Wildman–Crippen MR) is 113 cm³/mol. The number of fused-ring (bicyclic) bond motifs is 1. The molecule has 0 aliphatic heterocycles. The first-order valence-corrected chi connectivity index (χ1v) is 9.08. The van der Waals surface area contributed by atoms with Gasteiger partial charge in [-0.25, -0.2) is 0 Å². The zero-order valence-corrected chi connectivity index (χ0v) is 15.8. The monoisotopic (exact) mass is 356 g/mol. The van der Waals surface area contributed by atoms with Crippen molar-refractivity contribution in [2.24, 2.45) is 0 Å². The second-order valence-corrected chi connectivity index (χ2v) is 6.90. The number of hydrogen-bond donors (Lipinski definition) is 1. The SMILES string of the molecule is COc1c(C)cc2cc(-c3ccc(-c4ccccc4)cc3)ccc2c1S. The number of thiol groups is 1. The van der Waals surface area contributed by atoms with Crippen molar-refractivity contribution in [3.63, 3.8) is 0 Å². The van der Waals surface area contributed by atoms with Gasteiger partial charge in [0, 0.05) is 0 Å². The lowest BCUT2D eigenvalue weighted by Crippen LogP contribution is -1.90. The van der Waals surface area contributed by atoms with Gasteiger partial charge in [0.05, 0.1) is 12.0 Å². The molecule has 0 N–H and O–H groups in total. The average molecular weight is 356 g/mol. The van der Waals surface area contributed by atoms with Crippen molar-refractivity contribution in [1.29, 1.82) is 0 Å². The van der Waals surface area contributed by atoms with Crippen molar-refractivity contribution in [3.8, 4) is 28.0 Å². The van der Waals surface area contributed by atoms with E-state index in [2.05, 4.69) is 92.3 Å². The van der Waals surface area contributed by atoms with Crippen molar-refractivity contribution < 1.29 is 4.74 Å². The summed E-state index contributed by atoms with van der Waals surface area (Å²) < 4.78 is 5.48. The first-order chi connectivity index (χ1) is 12.7. The maximum Gasteiger partial charge on any atom is 0.135 e. The second kappa shape index (κ2) is 6.89. The normalized spacial score (nSPS) is 10.9. The van der Waals surface area contributed by atoms with E-state index in [9.17, 15) is 0 Å². The molecule has 0 amide bonds. The Labute approximate surface area is 159 Å². The molecule has 2 heteroatoms. The minimum Gasteiger partial charge on any atom is -0.495 e. The van der Waals surface area contributed by atoms with E-state index in [1.54, 1.807) is 7.11 Å². The van der Waals surface area contributed by atoms with Gasteiger partial charge >= 0.3 is 0 Å². The Morgan fingerprint density at radius 1 is 0.692 bits per heavy atom. The molecule has 0 radical (unpaired) electrons. The van der Waals surface area contributed by atoms with Crippen LogP contribution in [-0.2, 0) is 0 Å². The molecular weight excluding hydrogens is 336 g/mol. The van der Waals surface area contributed by atoms with Crippen LogP contribution in [0.5, 0.6) is 5.75 Å². The summed E-state index contributed by atoms with van der Waals surface area (Å²) >= 11 is 4.66. The van der Waals surface area contributed by atoms with Gasteiger partial charge in [0.2, 0.25) is 0 Å². The van der Waals surface area contributed by atoms with E-state index in [-0.39, 0.29) is 0 Å². The zero-order chi connectivity index (χ0) is 18.1. The van der Waals surface area contributed by atoms with Gasteiger partial charge in [-0.05, 0) is 57.6 Å².